The normalized spacial score (nSPS) is 26.5. The Labute approximate surface area is 147 Å². The second-order valence-electron chi connectivity index (χ2n) is 6.21. The van der Waals surface area contributed by atoms with E-state index in [1.807, 2.05) is 0 Å². The lowest BCUT2D eigenvalue weighted by Gasteiger charge is -2.32. The van der Waals surface area contributed by atoms with Crippen LogP contribution in [0.5, 0.6) is 5.75 Å². The highest BCUT2D eigenvalue weighted by Crippen LogP contribution is 2.35. The van der Waals surface area contributed by atoms with E-state index in [1.54, 1.807) is 12.1 Å². The van der Waals surface area contributed by atoms with E-state index in [9.17, 15) is 4.79 Å². The summed E-state index contributed by atoms with van der Waals surface area (Å²) < 4.78 is 5.26. The number of anilines is 1. The summed E-state index contributed by atoms with van der Waals surface area (Å²) in [7, 11) is 3.68. The molecule has 1 aromatic rings. The molecular formula is C16H23Cl2N3O2. The number of fused-ring (bicyclic) bond motifs is 2. The highest BCUT2D eigenvalue weighted by Gasteiger charge is 2.42. The summed E-state index contributed by atoms with van der Waals surface area (Å²) in [6.07, 6.45) is 4.61. The van der Waals surface area contributed by atoms with Crippen LogP contribution < -0.4 is 15.8 Å². The van der Waals surface area contributed by atoms with Crippen molar-refractivity contribution in [3.8, 4) is 5.75 Å². The number of hydrogen-bond acceptors (Lipinski definition) is 4. The first-order valence-corrected chi connectivity index (χ1v) is 8.05. The van der Waals surface area contributed by atoms with Gasteiger partial charge in [0.2, 0.25) is 0 Å². The van der Waals surface area contributed by atoms with Gasteiger partial charge in [-0.25, -0.2) is 0 Å². The van der Waals surface area contributed by atoms with Crippen molar-refractivity contribution in [3.05, 3.63) is 22.7 Å². The van der Waals surface area contributed by atoms with Gasteiger partial charge in [0.15, 0.2) is 0 Å². The van der Waals surface area contributed by atoms with Gasteiger partial charge in [-0.1, -0.05) is 18.0 Å². The number of hydrogen-bond donors (Lipinski definition) is 2. The minimum absolute atomic E-state index is 0. The quantitative estimate of drug-likeness (QED) is 0.814. The Morgan fingerprint density at radius 3 is 2.83 bits per heavy atom. The fourth-order valence-corrected chi connectivity index (χ4v) is 3.94. The molecule has 128 valence electrons. The van der Waals surface area contributed by atoms with Crippen molar-refractivity contribution in [1.82, 2.24) is 10.2 Å². The van der Waals surface area contributed by atoms with Crippen LogP contribution >= 0.6 is 24.0 Å². The zero-order valence-corrected chi connectivity index (χ0v) is 14.9. The number of benzene rings is 1. The molecule has 3 unspecified atom stereocenters. The lowest BCUT2D eigenvalue weighted by molar-refractivity contribution is 0.0918. The van der Waals surface area contributed by atoms with Crippen LogP contribution in [-0.2, 0) is 0 Å². The van der Waals surface area contributed by atoms with E-state index in [2.05, 4.69) is 17.3 Å². The second kappa shape index (κ2) is 7.16. The standard InChI is InChI=1S/C16H22ClN3O2.ClH/c1-20-9-4-3-5-14(20)13(6-9)19-16(21)10-7-11(17)12(18)8-15(10)22-2;/h7-9,13-14H,3-6,18H2,1-2H3,(H,19,21);1H. The molecule has 5 nitrogen and oxygen atoms in total. The number of piperidine rings is 1. The van der Waals surface area contributed by atoms with Crippen molar-refractivity contribution < 1.29 is 9.53 Å². The zero-order valence-electron chi connectivity index (χ0n) is 13.3. The fraction of sp³-hybridized carbons (Fsp3) is 0.562. The van der Waals surface area contributed by atoms with Crippen LogP contribution in [0.3, 0.4) is 0 Å². The maximum Gasteiger partial charge on any atom is 0.255 e. The molecule has 2 saturated heterocycles. The van der Waals surface area contributed by atoms with Crippen LogP contribution in [0.25, 0.3) is 0 Å². The van der Waals surface area contributed by atoms with Crippen molar-refractivity contribution in [1.29, 1.82) is 0 Å². The van der Waals surface area contributed by atoms with Crippen molar-refractivity contribution in [3.63, 3.8) is 0 Å². The van der Waals surface area contributed by atoms with Crippen LogP contribution in [0.1, 0.15) is 36.0 Å². The maximum absolute atomic E-state index is 12.6. The summed E-state index contributed by atoms with van der Waals surface area (Å²) in [4.78, 5) is 15.0. The molecule has 2 aliphatic heterocycles. The van der Waals surface area contributed by atoms with Crippen molar-refractivity contribution in [2.24, 2.45) is 0 Å². The number of methoxy groups -OCH3 is 1. The SMILES string of the molecule is COc1cc(N)c(Cl)cc1C(=O)NC1CC2CCCC1N2C.Cl. The molecule has 7 heteroatoms. The molecule has 0 spiro atoms. The number of carbonyl (C=O) groups is 1. The molecule has 3 rings (SSSR count). The summed E-state index contributed by atoms with van der Waals surface area (Å²) in [6, 6.07) is 4.37. The number of rotatable bonds is 3. The molecule has 1 amide bonds. The third kappa shape index (κ3) is 3.37. The topological polar surface area (TPSA) is 67.6 Å². The van der Waals surface area contributed by atoms with Gasteiger partial charge in [-0.2, -0.15) is 0 Å². The number of nitrogen functional groups attached to an aromatic ring is 1. The van der Waals surface area contributed by atoms with Gasteiger partial charge in [-0.3, -0.25) is 9.69 Å². The Kier molecular flexibility index (Phi) is 5.65. The minimum atomic E-state index is -0.148. The molecule has 2 fully saturated rings. The van der Waals surface area contributed by atoms with Crippen molar-refractivity contribution in [2.75, 3.05) is 19.9 Å². The number of nitrogens with zero attached hydrogens (tertiary/aromatic N) is 1. The molecule has 2 bridgehead atoms. The van der Waals surface area contributed by atoms with Gasteiger partial charge in [0.1, 0.15) is 5.75 Å². The van der Waals surface area contributed by atoms with E-state index in [1.165, 1.54) is 20.0 Å². The third-order valence-electron chi connectivity index (χ3n) is 5.01. The Balaban J connectivity index is 0.00000192. The zero-order chi connectivity index (χ0) is 15.9. The summed E-state index contributed by atoms with van der Waals surface area (Å²) in [5.41, 5.74) is 6.61. The van der Waals surface area contributed by atoms with Crippen LogP contribution in [0.4, 0.5) is 5.69 Å². The number of nitrogens with two attached hydrogens (primary N) is 1. The molecule has 0 radical (unpaired) electrons. The maximum atomic E-state index is 12.6. The number of amides is 1. The van der Waals surface area contributed by atoms with Gasteiger partial charge in [0, 0.05) is 24.2 Å². The smallest absolute Gasteiger partial charge is 0.255 e. The highest BCUT2D eigenvalue weighted by molar-refractivity contribution is 6.33. The predicted octanol–water partition coefficient (Wildman–Crippen LogP) is 2.71. The molecule has 2 aliphatic rings. The first-order valence-electron chi connectivity index (χ1n) is 7.67. The number of nitrogens with one attached hydrogen (secondary N) is 1. The Morgan fingerprint density at radius 2 is 2.17 bits per heavy atom. The largest absolute Gasteiger partial charge is 0.496 e. The van der Waals surface area contributed by atoms with Crippen LogP contribution in [-0.4, -0.2) is 43.1 Å². The molecular weight excluding hydrogens is 337 g/mol. The monoisotopic (exact) mass is 359 g/mol. The van der Waals surface area contributed by atoms with Gasteiger partial charge in [-0.05, 0) is 32.4 Å². The number of carbonyl (C=O) groups excluding carboxylic acids is 1. The van der Waals surface area contributed by atoms with E-state index in [0.717, 1.165) is 12.8 Å². The van der Waals surface area contributed by atoms with E-state index in [-0.39, 0.29) is 24.4 Å². The lowest BCUT2D eigenvalue weighted by atomic mass is 10.0. The van der Waals surface area contributed by atoms with Gasteiger partial charge in [0.25, 0.3) is 5.91 Å². The molecule has 3 atom stereocenters. The van der Waals surface area contributed by atoms with Gasteiger partial charge in [0.05, 0.1) is 23.4 Å². The van der Waals surface area contributed by atoms with Crippen molar-refractivity contribution >= 4 is 35.6 Å². The third-order valence-corrected chi connectivity index (χ3v) is 5.33. The minimum Gasteiger partial charge on any atom is -0.496 e. The van der Waals surface area contributed by atoms with E-state index in [0.29, 0.717) is 34.1 Å². The number of halogens is 2. The number of ether oxygens (including phenoxy) is 1. The first-order chi connectivity index (χ1) is 10.5. The van der Waals surface area contributed by atoms with E-state index >= 15 is 0 Å². The van der Waals surface area contributed by atoms with Crippen LogP contribution in [0, 0.1) is 0 Å². The molecule has 0 saturated carbocycles. The second-order valence-corrected chi connectivity index (χ2v) is 6.61. The summed E-state index contributed by atoms with van der Waals surface area (Å²) >= 11 is 6.05. The summed E-state index contributed by atoms with van der Waals surface area (Å²) in [5.74, 6) is 0.304. The van der Waals surface area contributed by atoms with Gasteiger partial charge < -0.3 is 15.8 Å². The Hall–Kier alpha value is -1.17. The molecule has 0 aliphatic carbocycles. The summed E-state index contributed by atoms with van der Waals surface area (Å²) in [5, 5.41) is 3.53. The average molecular weight is 360 g/mol. The molecule has 1 aromatic carbocycles. The van der Waals surface area contributed by atoms with E-state index in [4.69, 9.17) is 22.1 Å². The molecule has 3 N–H and O–H groups in total. The molecule has 2 heterocycles. The predicted molar refractivity (Wildman–Crippen MR) is 94.7 cm³/mol. The van der Waals surface area contributed by atoms with Crippen LogP contribution in [0.15, 0.2) is 12.1 Å². The molecule has 0 aromatic heterocycles. The van der Waals surface area contributed by atoms with E-state index < -0.39 is 0 Å². The number of likely N-dealkylation sites (N-methyl/N-ethyl adjacent to an activating group) is 1. The van der Waals surface area contributed by atoms with Crippen LogP contribution in [0.2, 0.25) is 5.02 Å². The average Bonchev–Trinajstić information content (AvgIpc) is 2.67. The lowest BCUT2D eigenvalue weighted by Crippen LogP contribution is -2.45. The Bertz CT molecular complexity index is 597. The molecule has 23 heavy (non-hydrogen) atoms. The van der Waals surface area contributed by atoms with Crippen molar-refractivity contribution in [2.45, 2.75) is 43.8 Å². The fourth-order valence-electron chi connectivity index (χ4n) is 3.78. The van der Waals surface area contributed by atoms with Gasteiger partial charge >= 0.3 is 0 Å². The summed E-state index contributed by atoms with van der Waals surface area (Å²) in [6.45, 7) is 0. The highest BCUT2D eigenvalue weighted by atomic mass is 35.5. The first kappa shape index (κ1) is 18.2. The Morgan fingerprint density at radius 1 is 1.43 bits per heavy atom. The van der Waals surface area contributed by atoms with Gasteiger partial charge in [-0.15, -0.1) is 12.4 Å².